The van der Waals surface area contributed by atoms with Crippen LogP contribution in [0.2, 0.25) is 0 Å². The highest BCUT2D eigenvalue weighted by Crippen LogP contribution is 2.23. The van der Waals surface area contributed by atoms with E-state index in [1.807, 2.05) is 0 Å². The van der Waals surface area contributed by atoms with Crippen LogP contribution >= 0.6 is 0 Å². The van der Waals surface area contributed by atoms with E-state index < -0.39 is 5.97 Å². The minimum atomic E-state index is -0.477. The van der Waals surface area contributed by atoms with Crippen molar-refractivity contribution in [3.8, 4) is 0 Å². The number of carbonyl (C=O) groups is 2. The van der Waals surface area contributed by atoms with Crippen molar-refractivity contribution in [2.45, 2.75) is 39.5 Å². The van der Waals surface area contributed by atoms with Crippen molar-refractivity contribution >= 4 is 17.7 Å². The fraction of sp³-hybridized carbons (Fsp3) is 0.522. The number of hydrogen-bond acceptors (Lipinski definition) is 5. The first-order valence-corrected chi connectivity index (χ1v) is 10.7. The second-order valence-electron chi connectivity index (χ2n) is 8.04. The van der Waals surface area contributed by atoms with E-state index in [4.69, 9.17) is 4.74 Å². The van der Waals surface area contributed by atoms with Crippen LogP contribution in [0.5, 0.6) is 0 Å². The van der Waals surface area contributed by atoms with Crippen molar-refractivity contribution in [2.24, 2.45) is 13.0 Å². The van der Waals surface area contributed by atoms with Gasteiger partial charge in [-0.15, -0.1) is 0 Å². The van der Waals surface area contributed by atoms with E-state index in [-0.39, 0.29) is 18.1 Å². The molecule has 3 rings (SSSR count). The lowest BCUT2D eigenvalue weighted by molar-refractivity contribution is -0.117. The largest absolute Gasteiger partial charge is 0.462 e. The Balaban J connectivity index is 1.44. The van der Waals surface area contributed by atoms with Gasteiger partial charge < -0.3 is 10.1 Å². The molecule has 1 N–H and O–H groups in total. The van der Waals surface area contributed by atoms with Crippen molar-refractivity contribution < 1.29 is 14.3 Å². The molecule has 30 heavy (non-hydrogen) atoms. The van der Waals surface area contributed by atoms with E-state index in [1.165, 1.54) is 28.4 Å². The standard InChI is InChI=1S/C23H32N4O3/c1-4-30-23(29)20-15-24-26(3)22(20)25-21(28)16-27-13-11-19(12-14-27)10-9-18-7-5-17(2)6-8-18/h5-8,15,19H,4,9-14,16H2,1-3H3,(H,25,28). The van der Waals surface area contributed by atoms with Gasteiger partial charge in [-0.2, -0.15) is 5.10 Å². The Labute approximate surface area is 178 Å². The molecule has 0 unspecified atom stereocenters. The number of esters is 1. The molecule has 7 heteroatoms. The minimum absolute atomic E-state index is 0.137. The zero-order valence-electron chi connectivity index (χ0n) is 18.2. The van der Waals surface area contributed by atoms with Gasteiger partial charge in [0, 0.05) is 7.05 Å². The summed E-state index contributed by atoms with van der Waals surface area (Å²) in [7, 11) is 1.69. The average Bonchev–Trinajstić information content (AvgIpc) is 3.09. The summed E-state index contributed by atoms with van der Waals surface area (Å²) in [6.07, 6.45) is 5.95. The minimum Gasteiger partial charge on any atom is -0.462 e. The van der Waals surface area contributed by atoms with E-state index in [2.05, 4.69) is 46.5 Å². The van der Waals surface area contributed by atoms with Crippen LogP contribution in [0.4, 0.5) is 5.82 Å². The number of rotatable bonds is 8. The maximum absolute atomic E-state index is 12.5. The first-order chi connectivity index (χ1) is 14.5. The molecule has 0 bridgehead atoms. The third-order valence-corrected chi connectivity index (χ3v) is 5.73. The number of likely N-dealkylation sites (tertiary alicyclic amines) is 1. The number of carbonyl (C=O) groups excluding carboxylic acids is 2. The van der Waals surface area contributed by atoms with Gasteiger partial charge in [-0.3, -0.25) is 14.4 Å². The van der Waals surface area contributed by atoms with Crippen LogP contribution in [0.1, 0.15) is 47.7 Å². The van der Waals surface area contributed by atoms with Gasteiger partial charge in [-0.25, -0.2) is 4.79 Å². The molecule has 0 spiro atoms. The molecule has 2 aromatic rings. The smallest absolute Gasteiger partial charge is 0.343 e. The monoisotopic (exact) mass is 412 g/mol. The third-order valence-electron chi connectivity index (χ3n) is 5.73. The molecule has 1 aliphatic rings. The number of benzene rings is 1. The molecular formula is C23H32N4O3. The zero-order chi connectivity index (χ0) is 21.5. The number of anilines is 1. The molecule has 1 fully saturated rings. The number of piperidine rings is 1. The Kier molecular flexibility index (Phi) is 7.63. The SMILES string of the molecule is CCOC(=O)c1cnn(C)c1NC(=O)CN1CCC(CCc2ccc(C)cc2)CC1. The summed E-state index contributed by atoms with van der Waals surface area (Å²) in [5.41, 5.74) is 2.98. The summed E-state index contributed by atoms with van der Waals surface area (Å²) in [6, 6.07) is 8.79. The summed E-state index contributed by atoms with van der Waals surface area (Å²) < 4.78 is 6.52. The highest BCUT2D eigenvalue weighted by atomic mass is 16.5. The van der Waals surface area contributed by atoms with E-state index in [0.717, 1.165) is 32.4 Å². The van der Waals surface area contributed by atoms with Crippen molar-refractivity contribution in [3.05, 3.63) is 47.2 Å². The van der Waals surface area contributed by atoms with E-state index in [1.54, 1.807) is 14.0 Å². The number of aromatic nitrogens is 2. The fourth-order valence-corrected chi connectivity index (χ4v) is 3.88. The molecule has 1 saturated heterocycles. The van der Waals surface area contributed by atoms with Crippen LogP contribution in [-0.4, -0.2) is 52.8 Å². The van der Waals surface area contributed by atoms with Gasteiger partial charge in [0.25, 0.3) is 0 Å². The number of aryl methyl sites for hydroxylation is 3. The topological polar surface area (TPSA) is 76.5 Å². The Hall–Kier alpha value is -2.67. The molecule has 0 saturated carbocycles. The fourth-order valence-electron chi connectivity index (χ4n) is 3.88. The van der Waals surface area contributed by atoms with E-state index in [0.29, 0.717) is 18.3 Å². The quantitative estimate of drug-likeness (QED) is 0.674. The van der Waals surface area contributed by atoms with Crippen LogP contribution in [0.25, 0.3) is 0 Å². The van der Waals surface area contributed by atoms with Crippen molar-refractivity contribution in [3.63, 3.8) is 0 Å². The Morgan fingerprint density at radius 1 is 1.20 bits per heavy atom. The van der Waals surface area contributed by atoms with Gasteiger partial charge in [0.15, 0.2) is 0 Å². The molecule has 0 atom stereocenters. The third kappa shape index (κ3) is 5.92. The average molecular weight is 413 g/mol. The maximum atomic E-state index is 12.5. The molecule has 2 heterocycles. The summed E-state index contributed by atoms with van der Waals surface area (Å²) in [6.45, 7) is 6.29. The molecule has 1 aromatic heterocycles. The number of amides is 1. The molecule has 0 aliphatic carbocycles. The molecule has 1 aromatic carbocycles. The summed E-state index contributed by atoms with van der Waals surface area (Å²) in [4.78, 5) is 26.7. The summed E-state index contributed by atoms with van der Waals surface area (Å²) in [5.74, 6) is 0.474. The summed E-state index contributed by atoms with van der Waals surface area (Å²) >= 11 is 0. The van der Waals surface area contributed by atoms with Gasteiger partial charge >= 0.3 is 5.97 Å². The van der Waals surface area contributed by atoms with Gasteiger partial charge in [-0.05, 0) is 64.1 Å². The number of nitrogens with zero attached hydrogens (tertiary/aromatic N) is 3. The predicted molar refractivity (Wildman–Crippen MR) is 116 cm³/mol. The van der Waals surface area contributed by atoms with Crippen LogP contribution in [0, 0.1) is 12.8 Å². The zero-order valence-corrected chi connectivity index (χ0v) is 18.2. The molecule has 7 nitrogen and oxygen atoms in total. The Bertz CT molecular complexity index is 852. The highest BCUT2D eigenvalue weighted by molar-refractivity contribution is 6.00. The Morgan fingerprint density at radius 3 is 2.57 bits per heavy atom. The predicted octanol–water partition coefficient (Wildman–Crippen LogP) is 3.19. The highest BCUT2D eigenvalue weighted by Gasteiger charge is 2.23. The first-order valence-electron chi connectivity index (χ1n) is 10.7. The molecular weight excluding hydrogens is 380 g/mol. The summed E-state index contributed by atoms with van der Waals surface area (Å²) in [5, 5.41) is 6.89. The number of ether oxygens (including phenoxy) is 1. The van der Waals surface area contributed by atoms with Gasteiger partial charge in [-0.1, -0.05) is 29.8 Å². The van der Waals surface area contributed by atoms with Crippen molar-refractivity contribution in [2.75, 3.05) is 31.6 Å². The second-order valence-corrected chi connectivity index (χ2v) is 8.04. The van der Waals surface area contributed by atoms with Crippen LogP contribution in [0.3, 0.4) is 0 Å². The lowest BCUT2D eigenvalue weighted by atomic mass is 9.90. The lowest BCUT2D eigenvalue weighted by Gasteiger charge is -2.31. The number of hydrogen-bond donors (Lipinski definition) is 1. The maximum Gasteiger partial charge on any atom is 0.343 e. The molecule has 162 valence electrons. The normalized spacial score (nSPS) is 15.2. The van der Waals surface area contributed by atoms with E-state index >= 15 is 0 Å². The van der Waals surface area contributed by atoms with Crippen molar-refractivity contribution in [1.29, 1.82) is 0 Å². The van der Waals surface area contributed by atoms with Gasteiger partial charge in [0.2, 0.25) is 5.91 Å². The van der Waals surface area contributed by atoms with Crippen LogP contribution in [0.15, 0.2) is 30.5 Å². The van der Waals surface area contributed by atoms with Crippen LogP contribution in [-0.2, 0) is 23.0 Å². The molecule has 0 radical (unpaired) electrons. The van der Waals surface area contributed by atoms with Gasteiger partial charge in [0.1, 0.15) is 11.4 Å². The van der Waals surface area contributed by atoms with Crippen LogP contribution < -0.4 is 5.32 Å². The Morgan fingerprint density at radius 2 is 1.90 bits per heavy atom. The number of nitrogens with one attached hydrogen (secondary N) is 1. The first kappa shape index (κ1) is 22.0. The second kappa shape index (κ2) is 10.4. The lowest BCUT2D eigenvalue weighted by Crippen LogP contribution is -2.39. The van der Waals surface area contributed by atoms with Gasteiger partial charge in [0.05, 0.1) is 19.3 Å². The van der Waals surface area contributed by atoms with Crippen molar-refractivity contribution in [1.82, 2.24) is 14.7 Å². The molecule has 1 amide bonds. The molecule has 1 aliphatic heterocycles. The van der Waals surface area contributed by atoms with E-state index in [9.17, 15) is 9.59 Å².